The van der Waals surface area contributed by atoms with E-state index in [1.54, 1.807) is 4.52 Å². The predicted octanol–water partition coefficient (Wildman–Crippen LogP) is 5.32. The van der Waals surface area contributed by atoms with E-state index in [1.807, 2.05) is 45.2 Å². The Bertz CT molecular complexity index is 1240. The second-order valence-corrected chi connectivity index (χ2v) is 9.81. The maximum Gasteiger partial charge on any atom is 0.243 e. The molecule has 3 aromatic heterocycles. The molecule has 0 saturated heterocycles. The molecular formula is C25H33F2N7O. The van der Waals surface area contributed by atoms with Crippen molar-refractivity contribution in [1.82, 2.24) is 19.6 Å². The zero-order chi connectivity index (χ0) is 25.4. The van der Waals surface area contributed by atoms with E-state index in [0.29, 0.717) is 11.8 Å². The largest absolute Gasteiger partial charge is 0.390 e. The van der Waals surface area contributed by atoms with Crippen LogP contribution in [0.15, 0.2) is 29.4 Å². The van der Waals surface area contributed by atoms with E-state index >= 15 is 0 Å². The van der Waals surface area contributed by atoms with Gasteiger partial charge in [0.2, 0.25) is 12.4 Å². The van der Waals surface area contributed by atoms with E-state index in [4.69, 9.17) is 10.7 Å². The topological polar surface area (TPSA) is 114 Å². The van der Waals surface area contributed by atoms with Crippen LogP contribution in [0, 0.1) is 6.92 Å². The van der Waals surface area contributed by atoms with Crippen molar-refractivity contribution in [3.8, 4) is 11.3 Å². The molecule has 2 aliphatic rings. The molecule has 3 aromatic rings. The number of alkyl halides is 2. The Balaban J connectivity index is 0.000000527. The van der Waals surface area contributed by atoms with Gasteiger partial charge in [0.25, 0.3) is 0 Å². The summed E-state index contributed by atoms with van der Waals surface area (Å²) in [6.45, 7) is 7.34. The summed E-state index contributed by atoms with van der Waals surface area (Å²) in [5.41, 5.74) is 10.9. The fourth-order valence-corrected chi connectivity index (χ4v) is 4.96. The third kappa shape index (κ3) is 5.27. The predicted molar refractivity (Wildman–Crippen MR) is 134 cm³/mol. The maximum atomic E-state index is 10.8. The normalized spacial score (nSPS) is 22.9. The number of aliphatic imine (C=N–C) groups is 1. The second-order valence-electron chi connectivity index (χ2n) is 9.81. The van der Waals surface area contributed by atoms with Crippen LogP contribution in [-0.2, 0) is 0 Å². The smallest absolute Gasteiger partial charge is 0.243 e. The van der Waals surface area contributed by atoms with Gasteiger partial charge in [-0.3, -0.25) is 9.98 Å². The minimum absolute atomic E-state index is 0.0278. The van der Waals surface area contributed by atoms with Crippen molar-refractivity contribution in [1.29, 1.82) is 0 Å². The number of pyridine rings is 1. The Morgan fingerprint density at radius 2 is 1.89 bits per heavy atom. The number of aliphatic hydroxyl groups is 1. The number of nitrogens with two attached hydrogens (primary N) is 1. The number of fused-ring (bicyclic) bond motifs is 3. The number of aryl methyl sites for hydroxylation is 1. The first-order chi connectivity index (χ1) is 16.5. The summed E-state index contributed by atoms with van der Waals surface area (Å²) in [4.78, 5) is 13.8. The van der Waals surface area contributed by atoms with E-state index in [1.165, 1.54) is 6.92 Å². The van der Waals surface area contributed by atoms with Gasteiger partial charge in [0.05, 0.1) is 22.7 Å². The van der Waals surface area contributed by atoms with Crippen LogP contribution in [0.5, 0.6) is 0 Å². The van der Waals surface area contributed by atoms with Crippen LogP contribution < -0.4 is 11.1 Å². The number of nitrogens with one attached hydrogen (secondary N) is 1. The van der Waals surface area contributed by atoms with Crippen LogP contribution in [0.2, 0.25) is 0 Å². The molecule has 10 heteroatoms. The van der Waals surface area contributed by atoms with Crippen molar-refractivity contribution in [2.75, 3.05) is 11.1 Å². The maximum absolute atomic E-state index is 10.8. The summed E-state index contributed by atoms with van der Waals surface area (Å²) < 4.78 is 23.3. The van der Waals surface area contributed by atoms with Gasteiger partial charge in [-0.15, -0.1) is 5.10 Å². The fraction of sp³-hybridized carbons (Fsp3) is 0.520. The highest BCUT2D eigenvalue weighted by molar-refractivity contribution is 5.87. The highest BCUT2D eigenvalue weighted by atomic mass is 19.3. The Morgan fingerprint density at radius 1 is 1.20 bits per heavy atom. The van der Waals surface area contributed by atoms with Gasteiger partial charge in [-0.25, -0.2) is 13.3 Å². The molecule has 2 fully saturated rings. The van der Waals surface area contributed by atoms with Crippen LogP contribution in [0.4, 0.5) is 26.2 Å². The summed E-state index contributed by atoms with van der Waals surface area (Å²) >= 11 is 0. The number of hydrogen-bond donors (Lipinski definition) is 3. The van der Waals surface area contributed by atoms with Gasteiger partial charge in [0, 0.05) is 29.4 Å². The minimum atomic E-state index is -2.12. The average molecular weight is 486 g/mol. The fourth-order valence-electron chi connectivity index (χ4n) is 4.96. The molecule has 0 spiro atoms. The van der Waals surface area contributed by atoms with E-state index in [-0.39, 0.29) is 12.0 Å². The minimum Gasteiger partial charge on any atom is -0.390 e. The van der Waals surface area contributed by atoms with Crippen molar-refractivity contribution in [2.45, 2.75) is 83.8 Å². The zero-order valence-corrected chi connectivity index (χ0v) is 20.6. The van der Waals surface area contributed by atoms with Crippen LogP contribution in [0.25, 0.3) is 16.8 Å². The summed E-state index contributed by atoms with van der Waals surface area (Å²) in [6.07, 6.45) is 3.99. The van der Waals surface area contributed by atoms with Gasteiger partial charge in [0.15, 0.2) is 5.82 Å². The number of nitrogens with zero attached hydrogens (tertiary/aromatic N) is 5. The number of rotatable bonds is 5. The average Bonchev–Trinajstić information content (AvgIpc) is 3.46. The first-order valence-electron chi connectivity index (χ1n) is 12.0. The number of anilines is 2. The first kappa shape index (κ1) is 25.0. The number of hydrogen-bond acceptors (Lipinski definition) is 7. The highest BCUT2D eigenvalue weighted by Gasteiger charge is 2.53. The van der Waals surface area contributed by atoms with Crippen molar-refractivity contribution in [3.63, 3.8) is 0 Å². The van der Waals surface area contributed by atoms with Crippen LogP contribution in [0.1, 0.15) is 65.0 Å². The Morgan fingerprint density at radius 3 is 2.43 bits per heavy atom. The summed E-state index contributed by atoms with van der Waals surface area (Å²) in [5.74, 6) is 0.904. The Hall–Kier alpha value is -3.14. The molecule has 35 heavy (non-hydrogen) atoms. The van der Waals surface area contributed by atoms with Crippen molar-refractivity contribution >= 4 is 28.7 Å². The third-order valence-corrected chi connectivity index (χ3v) is 6.71. The lowest BCUT2D eigenvalue weighted by Crippen LogP contribution is -2.34. The molecule has 0 aliphatic heterocycles. The van der Waals surface area contributed by atoms with Crippen LogP contribution in [-0.4, -0.2) is 48.0 Å². The molecule has 0 amide bonds. The molecule has 0 radical (unpaired) electrons. The number of nitrogen functional groups attached to an aromatic ring is 1. The highest BCUT2D eigenvalue weighted by Crippen LogP contribution is 2.51. The van der Waals surface area contributed by atoms with Gasteiger partial charge in [-0.2, -0.15) is 4.98 Å². The van der Waals surface area contributed by atoms with Gasteiger partial charge >= 0.3 is 0 Å². The second kappa shape index (κ2) is 9.49. The molecule has 0 unspecified atom stereocenters. The lowest BCUT2D eigenvalue weighted by molar-refractivity contribution is 0.0521. The lowest BCUT2D eigenvalue weighted by Gasteiger charge is -2.27. The van der Waals surface area contributed by atoms with Gasteiger partial charge < -0.3 is 16.2 Å². The summed E-state index contributed by atoms with van der Waals surface area (Å²) in [5, 5.41) is 18.6. The lowest BCUT2D eigenvalue weighted by atomic mass is 9.93. The SMILES string of the molecule is CC(C)=Nc1ccc(-c2ccn3nc(NC45CCC(O)(CC4)C5)nc(N)c23)nc1C.CCC(F)F. The van der Waals surface area contributed by atoms with E-state index in [2.05, 4.69) is 20.4 Å². The van der Waals surface area contributed by atoms with Gasteiger partial charge in [-0.05, 0) is 71.1 Å². The Kier molecular flexibility index (Phi) is 6.77. The first-order valence-corrected chi connectivity index (χ1v) is 12.0. The molecule has 5 rings (SSSR count). The molecular weight excluding hydrogens is 452 g/mol. The van der Waals surface area contributed by atoms with Crippen molar-refractivity contribution < 1.29 is 13.9 Å². The van der Waals surface area contributed by atoms with E-state index < -0.39 is 12.0 Å². The molecule has 0 atom stereocenters. The zero-order valence-electron chi connectivity index (χ0n) is 20.6. The summed E-state index contributed by atoms with van der Waals surface area (Å²) in [7, 11) is 0. The van der Waals surface area contributed by atoms with E-state index in [9.17, 15) is 13.9 Å². The van der Waals surface area contributed by atoms with Crippen molar-refractivity contribution in [3.05, 3.63) is 30.1 Å². The molecule has 3 heterocycles. The van der Waals surface area contributed by atoms with Crippen LogP contribution >= 0.6 is 0 Å². The number of halogens is 2. The third-order valence-electron chi connectivity index (χ3n) is 6.71. The molecule has 2 aliphatic carbocycles. The molecule has 0 aromatic carbocycles. The standard InChI is InChI=1S/C22H27N7O.C3H6F2/c1-13(2)24-16-4-5-17(25-14(16)3)15-6-11-29-18(15)19(23)26-20(28-29)27-21-7-9-22(30,12-21)10-8-21;1-2-3(4)5/h4-6,11,30H,7-10,12H2,1-3H3,(H3,23,26,27,28);3H,2H2,1H3. The molecule has 8 nitrogen and oxygen atoms in total. The molecule has 2 bridgehead atoms. The number of aromatic nitrogens is 4. The van der Waals surface area contributed by atoms with E-state index in [0.717, 1.165) is 66.0 Å². The van der Waals surface area contributed by atoms with Crippen LogP contribution in [0.3, 0.4) is 0 Å². The Labute approximate surface area is 203 Å². The van der Waals surface area contributed by atoms with Crippen molar-refractivity contribution in [2.24, 2.45) is 4.99 Å². The monoisotopic (exact) mass is 485 g/mol. The molecule has 188 valence electrons. The summed E-state index contributed by atoms with van der Waals surface area (Å²) in [6, 6.07) is 5.89. The molecule has 4 N–H and O–H groups in total. The molecule has 2 saturated carbocycles. The van der Waals surface area contributed by atoms with Gasteiger partial charge in [0.1, 0.15) is 5.52 Å². The quantitative estimate of drug-likeness (QED) is 0.422. The van der Waals surface area contributed by atoms with Gasteiger partial charge in [-0.1, -0.05) is 6.92 Å².